The van der Waals surface area contributed by atoms with Crippen LogP contribution < -0.4 is 5.32 Å². The van der Waals surface area contributed by atoms with Crippen LogP contribution in [0.2, 0.25) is 0 Å². The Morgan fingerprint density at radius 3 is 2.69 bits per heavy atom. The standard InChI is InChI=1S/C10H12F3NOS/c1-2-4-7(8-5-3-6-16-8)14-9(15)10(11,12)13/h3,5-7H,2,4H2,1H3,(H,14,15). The minimum Gasteiger partial charge on any atom is -0.341 e. The third kappa shape index (κ3) is 3.52. The number of carbonyl (C=O) groups excluding carboxylic acids is 1. The first-order chi connectivity index (χ1) is 7.45. The van der Waals surface area contributed by atoms with Gasteiger partial charge < -0.3 is 5.32 Å². The van der Waals surface area contributed by atoms with Gasteiger partial charge in [0.1, 0.15) is 0 Å². The molecule has 0 saturated carbocycles. The third-order valence-corrected chi connectivity index (χ3v) is 3.01. The van der Waals surface area contributed by atoms with Gasteiger partial charge >= 0.3 is 12.1 Å². The van der Waals surface area contributed by atoms with Crippen LogP contribution in [0, 0.1) is 0 Å². The quantitative estimate of drug-likeness (QED) is 0.874. The number of alkyl halides is 3. The molecule has 1 rings (SSSR count). The molecule has 0 bridgehead atoms. The van der Waals surface area contributed by atoms with Crippen LogP contribution in [0.4, 0.5) is 13.2 Å². The molecule has 0 aliphatic rings. The van der Waals surface area contributed by atoms with E-state index in [1.54, 1.807) is 17.5 Å². The van der Waals surface area contributed by atoms with Crippen molar-refractivity contribution < 1.29 is 18.0 Å². The van der Waals surface area contributed by atoms with Gasteiger partial charge in [-0.2, -0.15) is 13.2 Å². The summed E-state index contributed by atoms with van der Waals surface area (Å²) in [5.74, 6) is -1.88. The average Bonchev–Trinajstić information content (AvgIpc) is 2.68. The Morgan fingerprint density at radius 1 is 1.56 bits per heavy atom. The molecule has 0 aliphatic carbocycles. The first kappa shape index (κ1) is 13.0. The van der Waals surface area contributed by atoms with Crippen LogP contribution in [0.5, 0.6) is 0 Å². The topological polar surface area (TPSA) is 29.1 Å². The molecule has 1 heterocycles. The van der Waals surface area contributed by atoms with E-state index < -0.39 is 18.1 Å². The predicted octanol–water partition coefficient (Wildman–Crippen LogP) is 3.27. The molecule has 1 N–H and O–H groups in total. The number of nitrogens with one attached hydrogen (secondary N) is 1. The summed E-state index contributed by atoms with van der Waals surface area (Å²) in [6, 6.07) is 2.93. The molecule has 90 valence electrons. The van der Waals surface area contributed by atoms with E-state index in [1.807, 2.05) is 12.2 Å². The molecular weight excluding hydrogens is 239 g/mol. The summed E-state index contributed by atoms with van der Waals surface area (Å²) >= 11 is 1.34. The van der Waals surface area contributed by atoms with Gasteiger partial charge in [-0.05, 0) is 17.9 Å². The van der Waals surface area contributed by atoms with Crippen LogP contribution in [0.25, 0.3) is 0 Å². The molecule has 16 heavy (non-hydrogen) atoms. The van der Waals surface area contributed by atoms with Gasteiger partial charge in [-0.25, -0.2) is 0 Å². The van der Waals surface area contributed by atoms with E-state index in [0.717, 1.165) is 4.88 Å². The lowest BCUT2D eigenvalue weighted by molar-refractivity contribution is -0.174. The summed E-state index contributed by atoms with van der Waals surface area (Å²) in [6.45, 7) is 1.86. The molecule has 1 atom stereocenters. The van der Waals surface area contributed by atoms with Gasteiger partial charge in [0, 0.05) is 4.88 Å². The van der Waals surface area contributed by atoms with Crippen molar-refractivity contribution in [1.29, 1.82) is 0 Å². The summed E-state index contributed by atoms with van der Waals surface area (Å²) in [5.41, 5.74) is 0. The van der Waals surface area contributed by atoms with Crippen LogP contribution in [-0.2, 0) is 4.79 Å². The summed E-state index contributed by atoms with van der Waals surface area (Å²) < 4.78 is 36.2. The van der Waals surface area contributed by atoms with Gasteiger partial charge in [-0.15, -0.1) is 11.3 Å². The highest BCUT2D eigenvalue weighted by atomic mass is 32.1. The van der Waals surface area contributed by atoms with Crippen molar-refractivity contribution in [2.75, 3.05) is 0 Å². The van der Waals surface area contributed by atoms with Gasteiger partial charge in [0.15, 0.2) is 0 Å². The second-order valence-corrected chi connectivity index (χ2v) is 4.31. The van der Waals surface area contributed by atoms with Gasteiger partial charge in [0.05, 0.1) is 6.04 Å². The zero-order valence-electron chi connectivity index (χ0n) is 8.67. The van der Waals surface area contributed by atoms with E-state index in [-0.39, 0.29) is 0 Å². The lowest BCUT2D eigenvalue weighted by atomic mass is 10.1. The molecule has 0 radical (unpaired) electrons. The van der Waals surface area contributed by atoms with Crippen molar-refractivity contribution in [3.63, 3.8) is 0 Å². The van der Waals surface area contributed by atoms with Crippen molar-refractivity contribution in [2.24, 2.45) is 0 Å². The molecule has 1 aromatic heterocycles. The Hall–Kier alpha value is -1.04. The van der Waals surface area contributed by atoms with Gasteiger partial charge in [0.25, 0.3) is 0 Å². The maximum absolute atomic E-state index is 12.1. The predicted molar refractivity (Wildman–Crippen MR) is 56.2 cm³/mol. The SMILES string of the molecule is CCCC(NC(=O)C(F)(F)F)c1cccs1. The summed E-state index contributed by atoms with van der Waals surface area (Å²) in [5, 5.41) is 3.78. The first-order valence-electron chi connectivity index (χ1n) is 4.86. The van der Waals surface area contributed by atoms with Crippen LogP contribution in [0.3, 0.4) is 0 Å². The highest BCUT2D eigenvalue weighted by Crippen LogP contribution is 2.25. The van der Waals surface area contributed by atoms with Crippen LogP contribution in [-0.4, -0.2) is 12.1 Å². The van der Waals surface area contributed by atoms with Crippen molar-refractivity contribution in [2.45, 2.75) is 32.0 Å². The van der Waals surface area contributed by atoms with E-state index >= 15 is 0 Å². The van der Waals surface area contributed by atoms with Crippen LogP contribution in [0.15, 0.2) is 17.5 Å². The molecule has 0 aromatic carbocycles. The van der Waals surface area contributed by atoms with Gasteiger partial charge in [0.2, 0.25) is 0 Å². The number of halogens is 3. The summed E-state index contributed by atoms with van der Waals surface area (Å²) in [4.78, 5) is 11.6. The number of rotatable bonds is 4. The molecule has 1 unspecified atom stereocenters. The number of hydrogen-bond acceptors (Lipinski definition) is 2. The maximum Gasteiger partial charge on any atom is 0.471 e. The zero-order valence-corrected chi connectivity index (χ0v) is 9.49. The molecule has 6 heteroatoms. The Labute approximate surface area is 95.5 Å². The van der Waals surface area contributed by atoms with Crippen molar-refractivity contribution in [1.82, 2.24) is 5.32 Å². The number of carbonyl (C=O) groups is 1. The fourth-order valence-corrected chi connectivity index (χ4v) is 2.12. The second-order valence-electron chi connectivity index (χ2n) is 3.33. The lowest BCUT2D eigenvalue weighted by Crippen LogP contribution is -2.38. The fourth-order valence-electron chi connectivity index (χ4n) is 1.30. The van der Waals surface area contributed by atoms with Gasteiger partial charge in [-0.1, -0.05) is 19.4 Å². The van der Waals surface area contributed by atoms with E-state index in [4.69, 9.17) is 0 Å². The number of hydrogen-bond donors (Lipinski definition) is 1. The summed E-state index contributed by atoms with van der Waals surface area (Å²) in [7, 11) is 0. The number of amides is 1. The average molecular weight is 251 g/mol. The van der Waals surface area contributed by atoms with E-state index in [2.05, 4.69) is 0 Å². The van der Waals surface area contributed by atoms with E-state index in [0.29, 0.717) is 12.8 Å². The Morgan fingerprint density at radius 2 is 2.25 bits per heavy atom. The van der Waals surface area contributed by atoms with Crippen molar-refractivity contribution in [3.8, 4) is 0 Å². The maximum atomic E-state index is 12.1. The molecule has 2 nitrogen and oxygen atoms in total. The minimum absolute atomic E-state index is 0.502. The molecule has 0 fully saturated rings. The molecule has 1 amide bonds. The van der Waals surface area contributed by atoms with Crippen molar-refractivity contribution in [3.05, 3.63) is 22.4 Å². The molecule has 1 aromatic rings. The normalized spacial score (nSPS) is 13.5. The monoisotopic (exact) mass is 251 g/mol. The molecular formula is C10H12F3NOS. The Kier molecular flexibility index (Phi) is 4.35. The van der Waals surface area contributed by atoms with E-state index in [1.165, 1.54) is 11.3 Å². The fraction of sp³-hybridized carbons (Fsp3) is 0.500. The van der Waals surface area contributed by atoms with Crippen LogP contribution in [0.1, 0.15) is 30.7 Å². The summed E-state index contributed by atoms with van der Waals surface area (Å²) in [6.07, 6.45) is -3.60. The Balaban J connectivity index is 2.70. The van der Waals surface area contributed by atoms with Crippen LogP contribution >= 0.6 is 11.3 Å². The number of thiophene rings is 1. The Bertz CT molecular complexity index is 334. The minimum atomic E-state index is -4.82. The second kappa shape index (κ2) is 5.34. The lowest BCUT2D eigenvalue weighted by Gasteiger charge is -2.17. The highest BCUT2D eigenvalue weighted by Gasteiger charge is 2.39. The van der Waals surface area contributed by atoms with Crippen molar-refractivity contribution >= 4 is 17.2 Å². The largest absolute Gasteiger partial charge is 0.471 e. The van der Waals surface area contributed by atoms with Gasteiger partial charge in [-0.3, -0.25) is 4.79 Å². The van der Waals surface area contributed by atoms with E-state index in [9.17, 15) is 18.0 Å². The highest BCUT2D eigenvalue weighted by molar-refractivity contribution is 7.10. The smallest absolute Gasteiger partial charge is 0.341 e. The molecule has 0 spiro atoms. The molecule has 0 saturated heterocycles. The first-order valence-corrected chi connectivity index (χ1v) is 5.74. The third-order valence-electron chi connectivity index (χ3n) is 2.03. The zero-order chi connectivity index (χ0) is 12.2. The molecule has 0 aliphatic heterocycles.